The SMILES string of the molecule is N[14C]1=NCCN1CC(=O)O. The number of carboxylic acids is 1. The Balaban J connectivity index is 2.43. The van der Waals surface area contributed by atoms with Crippen LogP contribution in [-0.4, -0.2) is 41.6 Å². The van der Waals surface area contributed by atoms with Crippen molar-refractivity contribution in [3.8, 4) is 0 Å². The maximum atomic E-state index is 10.1. The van der Waals surface area contributed by atoms with Crippen LogP contribution in [0.3, 0.4) is 0 Å². The van der Waals surface area contributed by atoms with Crippen LogP contribution >= 0.6 is 0 Å². The summed E-state index contributed by atoms with van der Waals surface area (Å²) in [5.74, 6) is -0.539. The molecule has 0 bridgehead atoms. The van der Waals surface area contributed by atoms with Crippen molar-refractivity contribution in [1.29, 1.82) is 0 Å². The first-order valence-electron chi connectivity index (χ1n) is 2.97. The lowest BCUT2D eigenvalue weighted by Crippen LogP contribution is -2.37. The average Bonchev–Trinajstić information content (AvgIpc) is 2.15. The quantitative estimate of drug-likeness (QED) is 0.506. The molecule has 0 aromatic rings. The molecule has 0 aromatic carbocycles. The number of rotatable bonds is 2. The summed E-state index contributed by atoms with van der Waals surface area (Å²) >= 11 is 0. The fraction of sp³-hybridized carbons (Fsp3) is 0.600. The molecule has 1 aliphatic rings. The molecule has 0 unspecified atom stereocenters. The number of nitrogens with two attached hydrogens (primary N) is 1. The summed E-state index contributed by atoms with van der Waals surface area (Å²) in [6.45, 7) is 1.19. The van der Waals surface area contributed by atoms with Crippen LogP contribution in [0.5, 0.6) is 0 Å². The lowest BCUT2D eigenvalue weighted by molar-refractivity contribution is -0.137. The van der Waals surface area contributed by atoms with Gasteiger partial charge in [-0.1, -0.05) is 0 Å². The molecular weight excluding hydrogens is 136 g/mol. The summed E-state index contributed by atoms with van der Waals surface area (Å²) in [7, 11) is 0. The Morgan fingerprint density at radius 1 is 1.90 bits per heavy atom. The Morgan fingerprint density at radius 2 is 2.60 bits per heavy atom. The van der Waals surface area contributed by atoms with Crippen LogP contribution in [-0.2, 0) is 4.79 Å². The van der Waals surface area contributed by atoms with Crippen LogP contribution in [0.2, 0.25) is 0 Å². The van der Waals surface area contributed by atoms with Crippen LogP contribution in [0.15, 0.2) is 4.99 Å². The number of hydrogen-bond donors (Lipinski definition) is 2. The van der Waals surface area contributed by atoms with Crippen molar-refractivity contribution in [3.63, 3.8) is 0 Å². The van der Waals surface area contributed by atoms with Gasteiger partial charge in [0.05, 0.1) is 6.54 Å². The van der Waals surface area contributed by atoms with Gasteiger partial charge in [0.15, 0.2) is 5.96 Å². The van der Waals surface area contributed by atoms with E-state index < -0.39 is 5.97 Å². The van der Waals surface area contributed by atoms with Gasteiger partial charge in [0.25, 0.3) is 0 Å². The van der Waals surface area contributed by atoms with Crippen LogP contribution < -0.4 is 5.73 Å². The molecular formula is C5H9N3O2. The van der Waals surface area contributed by atoms with E-state index in [9.17, 15) is 4.79 Å². The molecule has 0 fully saturated rings. The smallest absolute Gasteiger partial charge is 0.323 e. The number of carbonyl (C=O) groups is 1. The Morgan fingerprint density at radius 3 is 3.00 bits per heavy atom. The molecule has 5 nitrogen and oxygen atoms in total. The van der Waals surface area contributed by atoms with Crippen LogP contribution in [0, 0.1) is 0 Å². The molecule has 10 heavy (non-hydrogen) atoms. The van der Waals surface area contributed by atoms with E-state index >= 15 is 0 Å². The van der Waals surface area contributed by atoms with E-state index in [1.54, 1.807) is 0 Å². The van der Waals surface area contributed by atoms with Gasteiger partial charge in [0.1, 0.15) is 6.54 Å². The molecule has 0 saturated heterocycles. The Hall–Kier alpha value is -1.26. The largest absolute Gasteiger partial charge is 0.480 e. The van der Waals surface area contributed by atoms with Gasteiger partial charge in [0, 0.05) is 6.54 Å². The highest BCUT2D eigenvalue weighted by Gasteiger charge is 2.15. The molecule has 0 spiro atoms. The van der Waals surface area contributed by atoms with E-state index in [1.807, 2.05) is 0 Å². The maximum Gasteiger partial charge on any atom is 0.323 e. The fourth-order valence-electron chi connectivity index (χ4n) is 0.823. The number of aliphatic carboxylic acids is 1. The number of nitrogens with zero attached hydrogens (tertiary/aromatic N) is 2. The second-order valence-electron chi connectivity index (χ2n) is 2.06. The van der Waals surface area contributed by atoms with Gasteiger partial charge in [-0.15, -0.1) is 0 Å². The summed E-state index contributed by atoms with van der Waals surface area (Å²) in [5.41, 5.74) is 5.34. The van der Waals surface area contributed by atoms with Gasteiger partial charge in [0.2, 0.25) is 0 Å². The zero-order valence-electron chi connectivity index (χ0n) is 5.45. The Labute approximate surface area is 58.1 Å². The molecule has 5 heteroatoms. The van der Waals surface area contributed by atoms with Crippen molar-refractivity contribution in [2.45, 2.75) is 0 Å². The number of carboxylic acid groups (broad SMARTS) is 1. The second-order valence-corrected chi connectivity index (χ2v) is 2.06. The minimum atomic E-state index is -0.875. The van der Waals surface area contributed by atoms with E-state index in [1.165, 1.54) is 4.90 Å². The Kier molecular flexibility index (Phi) is 1.75. The third kappa shape index (κ3) is 1.37. The molecule has 56 valence electrons. The van der Waals surface area contributed by atoms with Crippen molar-refractivity contribution in [2.75, 3.05) is 19.6 Å². The lowest BCUT2D eigenvalue weighted by Gasteiger charge is -2.13. The maximum absolute atomic E-state index is 10.1. The van der Waals surface area contributed by atoms with Gasteiger partial charge in [-0.3, -0.25) is 9.79 Å². The first-order valence-corrected chi connectivity index (χ1v) is 2.97. The van der Waals surface area contributed by atoms with Crippen LogP contribution in [0.1, 0.15) is 0 Å². The standard InChI is InChI=1S/C5H9N3O2/c6-5-7-1-2-8(5)3-4(9)10/h1-3H2,(H2,6,7)(H,9,10)/i5+2. The summed E-state index contributed by atoms with van der Waals surface area (Å²) in [4.78, 5) is 15.5. The van der Waals surface area contributed by atoms with Crippen molar-refractivity contribution in [1.82, 2.24) is 4.90 Å². The van der Waals surface area contributed by atoms with Crippen LogP contribution in [0.4, 0.5) is 0 Å². The van der Waals surface area contributed by atoms with Crippen molar-refractivity contribution < 1.29 is 9.90 Å². The highest BCUT2D eigenvalue weighted by Crippen LogP contribution is 1.95. The van der Waals surface area contributed by atoms with Crippen molar-refractivity contribution in [3.05, 3.63) is 0 Å². The highest BCUT2D eigenvalue weighted by molar-refractivity contribution is 5.83. The average molecular weight is 145 g/mol. The van der Waals surface area contributed by atoms with E-state index in [0.717, 1.165) is 0 Å². The van der Waals surface area contributed by atoms with Gasteiger partial charge < -0.3 is 15.7 Å². The molecule has 3 N–H and O–H groups in total. The Bertz CT molecular complexity index is 178. The van der Waals surface area contributed by atoms with Gasteiger partial charge >= 0.3 is 5.97 Å². The monoisotopic (exact) mass is 145 g/mol. The molecule has 1 rings (SSSR count). The summed E-state index contributed by atoms with van der Waals surface area (Å²) in [6.07, 6.45) is 0. The third-order valence-corrected chi connectivity index (χ3v) is 1.29. The fourth-order valence-corrected chi connectivity index (χ4v) is 0.823. The lowest BCUT2D eigenvalue weighted by atomic mass is 10.6. The third-order valence-electron chi connectivity index (χ3n) is 1.29. The number of hydrogen-bond acceptors (Lipinski definition) is 4. The van der Waals surface area contributed by atoms with E-state index in [4.69, 9.17) is 10.8 Å². The van der Waals surface area contributed by atoms with Gasteiger partial charge in [-0.2, -0.15) is 0 Å². The molecule has 0 aromatic heterocycles. The van der Waals surface area contributed by atoms with Crippen molar-refractivity contribution in [2.24, 2.45) is 10.7 Å². The number of aliphatic imine (C=N–C) groups is 1. The molecule has 1 heterocycles. The van der Waals surface area contributed by atoms with Gasteiger partial charge in [-0.05, 0) is 0 Å². The zero-order valence-corrected chi connectivity index (χ0v) is 5.45. The zero-order chi connectivity index (χ0) is 7.56. The first kappa shape index (κ1) is 6.85. The molecule has 1 aliphatic heterocycles. The summed E-state index contributed by atoms with van der Waals surface area (Å²) in [6, 6.07) is 0. The van der Waals surface area contributed by atoms with Gasteiger partial charge in [-0.25, -0.2) is 0 Å². The second kappa shape index (κ2) is 2.55. The minimum absolute atomic E-state index is 0.0463. The first-order chi connectivity index (χ1) is 4.70. The van der Waals surface area contributed by atoms with Crippen LogP contribution in [0.25, 0.3) is 0 Å². The van der Waals surface area contributed by atoms with Crippen molar-refractivity contribution >= 4 is 11.9 Å². The number of guanidine groups is 1. The van der Waals surface area contributed by atoms with E-state index in [2.05, 4.69) is 4.99 Å². The van der Waals surface area contributed by atoms with E-state index in [-0.39, 0.29) is 6.54 Å². The highest BCUT2D eigenvalue weighted by atomic mass is 16.4. The molecule has 0 saturated carbocycles. The summed E-state index contributed by atoms with van der Waals surface area (Å²) in [5, 5.41) is 8.34. The van der Waals surface area contributed by atoms with E-state index in [0.29, 0.717) is 19.0 Å². The predicted molar refractivity (Wildman–Crippen MR) is 35.7 cm³/mol. The molecule has 0 aliphatic carbocycles. The normalized spacial score (nSPS) is 17.2. The minimum Gasteiger partial charge on any atom is -0.480 e. The molecule has 0 amide bonds. The molecule has 0 radical (unpaired) electrons. The molecule has 0 atom stereocenters. The predicted octanol–water partition coefficient (Wildman–Crippen LogP) is -1.30. The summed E-state index contributed by atoms with van der Waals surface area (Å²) < 4.78 is 0. The topological polar surface area (TPSA) is 78.9 Å².